The second kappa shape index (κ2) is 6.84. The summed E-state index contributed by atoms with van der Waals surface area (Å²) in [4.78, 5) is 38.0. The summed E-state index contributed by atoms with van der Waals surface area (Å²) in [6.07, 6.45) is 0. The molecule has 3 rings (SSSR count). The second-order valence-electron chi connectivity index (χ2n) is 5.90. The fourth-order valence-electron chi connectivity index (χ4n) is 2.88. The predicted octanol–water partition coefficient (Wildman–Crippen LogP) is 2.93. The highest BCUT2D eigenvalue weighted by Crippen LogP contribution is 2.33. The maximum Gasteiger partial charge on any atom is 0.337 e. The van der Waals surface area contributed by atoms with Crippen LogP contribution in [0.3, 0.4) is 0 Å². The van der Waals surface area contributed by atoms with Crippen LogP contribution in [0.4, 0.5) is 5.69 Å². The van der Waals surface area contributed by atoms with Gasteiger partial charge in [-0.1, -0.05) is 24.8 Å². The van der Waals surface area contributed by atoms with E-state index in [0.717, 1.165) is 5.56 Å². The highest BCUT2D eigenvalue weighted by atomic mass is 16.5. The van der Waals surface area contributed by atoms with Crippen LogP contribution >= 0.6 is 0 Å². The first-order chi connectivity index (χ1) is 12.4. The minimum absolute atomic E-state index is 0.241. The first-order valence-corrected chi connectivity index (χ1v) is 8.05. The monoisotopic (exact) mass is 350 g/mol. The molecule has 1 atom stereocenters. The number of nitrogens with zero attached hydrogens (tertiary/aromatic N) is 1. The van der Waals surface area contributed by atoms with Gasteiger partial charge in [0, 0.05) is 22.5 Å². The van der Waals surface area contributed by atoms with Crippen LogP contribution in [0.1, 0.15) is 33.2 Å². The Bertz CT molecular complexity index is 867. The first-order valence-electron chi connectivity index (χ1n) is 8.05. The molecule has 1 aliphatic heterocycles. The van der Waals surface area contributed by atoms with Gasteiger partial charge in [-0.2, -0.15) is 0 Å². The molecule has 0 spiro atoms. The maximum atomic E-state index is 12.6. The topological polar surface area (TPSA) is 75.7 Å². The van der Waals surface area contributed by atoms with E-state index in [2.05, 4.69) is 16.6 Å². The third-order valence-electron chi connectivity index (χ3n) is 4.32. The van der Waals surface area contributed by atoms with Crippen molar-refractivity contribution >= 4 is 29.2 Å². The Hall–Kier alpha value is -3.41. The van der Waals surface area contributed by atoms with Gasteiger partial charge in [0.1, 0.15) is 6.04 Å². The van der Waals surface area contributed by atoms with Gasteiger partial charge in [-0.25, -0.2) is 4.79 Å². The van der Waals surface area contributed by atoms with Crippen molar-refractivity contribution in [3.05, 3.63) is 71.8 Å². The Labute approximate surface area is 151 Å². The molecule has 1 heterocycles. The van der Waals surface area contributed by atoms with Gasteiger partial charge in [0.05, 0.1) is 12.7 Å². The summed E-state index contributed by atoms with van der Waals surface area (Å²) in [6, 6.07) is 12.7. The third kappa shape index (κ3) is 2.97. The molecule has 0 aliphatic carbocycles. The van der Waals surface area contributed by atoms with E-state index >= 15 is 0 Å². The Balaban J connectivity index is 1.74. The number of benzene rings is 2. The molecule has 0 aromatic heterocycles. The molecule has 26 heavy (non-hydrogen) atoms. The van der Waals surface area contributed by atoms with E-state index in [1.54, 1.807) is 43.3 Å². The van der Waals surface area contributed by atoms with Gasteiger partial charge in [0.15, 0.2) is 0 Å². The lowest BCUT2D eigenvalue weighted by Crippen LogP contribution is -2.41. The van der Waals surface area contributed by atoms with E-state index in [-0.39, 0.29) is 11.8 Å². The van der Waals surface area contributed by atoms with Gasteiger partial charge < -0.3 is 10.1 Å². The zero-order valence-corrected chi connectivity index (χ0v) is 14.5. The zero-order chi connectivity index (χ0) is 18.8. The van der Waals surface area contributed by atoms with Crippen molar-refractivity contribution in [3.63, 3.8) is 0 Å². The number of carbonyl (C=O) groups is 3. The van der Waals surface area contributed by atoms with Crippen molar-refractivity contribution in [1.29, 1.82) is 0 Å². The van der Waals surface area contributed by atoms with Gasteiger partial charge in [-0.15, -0.1) is 0 Å². The molecule has 0 radical (unpaired) electrons. The summed E-state index contributed by atoms with van der Waals surface area (Å²) < 4.78 is 4.64. The van der Waals surface area contributed by atoms with Gasteiger partial charge in [0.2, 0.25) is 5.91 Å². The fraction of sp³-hybridized carbons (Fsp3) is 0.150. The Morgan fingerprint density at radius 1 is 1.08 bits per heavy atom. The molecule has 2 amide bonds. The molecule has 0 fully saturated rings. The molecule has 0 saturated carbocycles. The van der Waals surface area contributed by atoms with Gasteiger partial charge in [-0.3, -0.25) is 14.5 Å². The number of rotatable bonds is 4. The average Bonchev–Trinajstić information content (AvgIpc) is 2.92. The van der Waals surface area contributed by atoms with Crippen LogP contribution in [0.25, 0.3) is 5.70 Å². The Morgan fingerprint density at radius 2 is 1.69 bits per heavy atom. The fourth-order valence-corrected chi connectivity index (χ4v) is 2.88. The minimum Gasteiger partial charge on any atom is -0.465 e. The number of anilines is 1. The van der Waals surface area contributed by atoms with E-state index in [0.29, 0.717) is 22.5 Å². The normalized spacial score (nSPS) is 14.0. The van der Waals surface area contributed by atoms with Crippen molar-refractivity contribution in [1.82, 2.24) is 4.90 Å². The number of esters is 1. The number of nitrogens with one attached hydrogen (secondary N) is 1. The lowest BCUT2D eigenvalue weighted by atomic mass is 10.1. The second-order valence-corrected chi connectivity index (χ2v) is 5.90. The molecule has 0 saturated heterocycles. The van der Waals surface area contributed by atoms with E-state index in [9.17, 15) is 14.4 Å². The summed E-state index contributed by atoms with van der Waals surface area (Å²) in [5, 5.41) is 2.74. The van der Waals surface area contributed by atoms with Crippen LogP contribution in [0.5, 0.6) is 0 Å². The number of amides is 2. The Kier molecular flexibility index (Phi) is 4.58. The molecule has 0 bridgehead atoms. The third-order valence-corrected chi connectivity index (χ3v) is 4.32. The quantitative estimate of drug-likeness (QED) is 0.860. The lowest BCUT2D eigenvalue weighted by molar-refractivity contribution is -0.119. The molecule has 2 aromatic carbocycles. The summed E-state index contributed by atoms with van der Waals surface area (Å²) >= 11 is 0. The highest BCUT2D eigenvalue weighted by molar-refractivity contribution is 6.11. The van der Waals surface area contributed by atoms with Crippen LogP contribution in [0.2, 0.25) is 0 Å². The SMILES string of the molecule is C=C1c2ccccc2C(=O)N1[C@@H](C)C(=O)Nc1ccc(C(=O)OC)cc1. The molecule has 1 N–H and O–H groups in total. The van der Waals surface area contributed by atoms with Crippen LogP contribution < -0.4 is 5.32 Å². The van der Waals surface area contributed by atoms with E-state index in [4.69, 9.17) is 0 Å². The molecule has 132 valence electrons. The summed E-state index contributed by atoms with van der Waals surface area (Å²) in [7, 11) is 1.30. The van der Waals surface area contributed by atoms with Crippen LogP contribution in [0, 0.1) is 0 Å². The van der Waals surface area contributed by atoms with E-state index < -0.39 is 12.0 Å². The van der Waals surface area contributed by atoms with Crippen molar-refractivity contribution in [2.75, 3.05) is 12.4 Å². The summed E-state index contributed by atoms with van der Waals surface area (Å²) in [5.74, 6) is -1.04. The van der Waals surface area contributed by atoms with Crippen molar-refractivity contribution in [2.24, 2.45) is 0 Å². The highest BCUT2D eigenvalue weighted by Gasteiger charge is 2.36. The molecule has 2 aromatic rings. The van der Waals surface area contributed by atoms with E-state index in [1.165, 1.54) is 12.0 Å². The van der Waals surface area contributed by atoms with Gasteiger partial charge in [0.25, 0.3) is 5.91 Å². The molecular weight excluding hydrogens is 332 g/mol. The number of hydrogen-bond donors (Lipinski definition) is 1. The minimum atomic E-state index is -0.734. The molecule has 6 nitrogen and oxygen atoms in total. The number of ether oxygens (including phenoxy) is 1. The van der Waals surface area contributed by atoms with Crippen LogP contribution in [-0.4, -0.2) is 35.8 Å². The first kappa shape index (κ1) is 17.4. The van der Waals surface area contributed by atoms with Gasteiger partial charge in [-0.05, 0) is 37.3 Å². The Morgan fingerprint density at radius 3 is 2.27 bits per heavy atom. The van der Waals surface area contributed by atoms with E-state index in [1.807, 2.05) is 12.1 Å². The molecule has 0 unspecified atom stereocenters. The predicted molar refractivity (Wildman–Crippen MR) is 97.5 cm³/mol. The number of methoxy groups -OCH3 is 1. The maximum absolute atomic E-state index is 12.6. The molecule has 6 heteroatoms. The summed E-state index contributed by atoms with van der Waals surface area (Å²) in [5.41, 5.74) is 2.69. The van der Waals surface area contributed by atoms with Crippen molar-refractivity contribution < 1.29 is 19.1 Å². The average molecular weight is 350 g/mol. The van der Waals surface area contributed by atoms with Gasteiger partial charge >= 0.3 is 5.97 Å². The van der Waals surface area contributed by atoms with Crippen molar-refractivity contribution in [2.45, 2.75) is 13.0 Å². The van der Waals surface area contributed by atoms with Crippen LogP contribution in [0.15, 0.2) is 55.1 Å². The number of fused-ring (bicyclic) bond motifs is 1. The number of carbonyl (C=O) groups excluding carboxylic acids is 3. The summed E-state index contributed by atoms with van der Waals surface area (Å²) in [6.45, 7) is 5.60. The molecular formula is C20H18N2O4. The standard InChI is InChI=1S/C20H18N2O4/c1-12-16-6-4-5-7-17(16)19(24)22(12)13(2)18(23)21-15-10-8-14(9-11-15)20(25)26-3/h4-11,13H,1H2,2-3H3,(H,21,23)/t13-/m0/s1. The smallest absolute Gasteiger partial charge is 0.337 e. The number of hydrogen-bond acceptors (Lipinski definition) is 4. The largest absolute Gasteiger partial charge is 0.465 e. The lowest BCUT2D eigenvalue weighted by Gasteiger charge is -2.24. The zero-order valence-electron chi connectivity index (χ0n) is 14.5. The molecule has 1 aliphatic rings. The van der Waals surface area contributed by atoms with Crippen LogP contribution in [-0.2, 0) is 9.53 Å². The van der Waals surface area contributed by atoms with Crippen molar-refractivity contribution in [3.8, 4) is 0 Å².